The number of nitrogens with two attached hydrogens (primary N) is 1. The molecule has 4 rings (SSSR count). The summed E-state index contributed by atoms with van der Waals surface area (Å²) in [4.78, 5) is 34.7. The summed E-state index contributed by atoms with van der Waals surface area (Å²) in [5, 5.41) is 2.00. The molecular weight excluding hydrogens is 374 g/mol. The van der Waals surface area contributed by atoms with Crippen LogP contribution in [0, 0.1) is 5.92 Å². The van der Waals surface area contributed by atoms with E-state index in [1.165, 1.54) is 19.3 Å². The van der Waals surface area contributed by atoms with Crippen LogP contribution in [0.3, 0.4) is 0 Å². The summed E-state index contributed by atoms with van der Waals surface area (Å²) in [5.41, 5.74) is 7.05. The van der Waals surface area contributed by atoms with Gasteiger partial charge in [-0.1, -0.05) is 19.3 Å². The summed E-state index contributed by atoms with van der Waals surface area (Å²) in [5.74, 6) is -0.278. The quantitative estimate of drug-likeness (QED) is 0.850. The van der Waals surface area contributed by atoms with Crippen LogP contribution >= 0.6 is 11.3 Å². The number of hydrogen-bond acceptors (Lipinski definition) is 5. The number of fused-ring (bicyclic) bond motifs is 1. The van der Waals surface area contributed by atoms with Gasteiger partial charge < -0.3 is 10.6 Å². The van der Waals surface area contributed by atoms with Gasteiger partial charge in [-0.2, -0.15) is 0 Å². The molecular formula is C20H29N5O2S. The molecule has 28 heavy (non-hydrogen) atoms. The highest BCUT2D eigenvalue weighted by molar-refractivity contribution is 7.15. The van der Waals surface area contributed by atoms with Crippen LogP contribution in [0.4, 0.5) is 0 Å². The lowest BCUT2D eigenvalue weighted by molar-refractivity contribution is -0.123. The van der Waals surface area contributed by atoms with Crippen LogP contribution in [-0.2, 0) is 11.3 Å². The number of primary amides is 1. The fourth-order valence-corrected chi connectivity index (χ4v) is 5.13. The Kier molecular flexibility index (Phi) is 5.96. The number of amides is 2. The minimum atomic E-state index is -0.226. The minimum Gasteiger partial charge on any atom is -0.369 e. The van der Waals surface area contributed by atoms with Crippen LogP contribution in [0.1, 0.15) is 61.1 Å². The predicted octanol–water partition coefficient (Wildman–Crippen LogP) is 2.50. The molecule has 1 atom stereocenters. The summed E-state index contributed by atoms with van der Waals surface area (Å²) >= 11 is 1.55. The Bertz CT molecular complexity index is 837. The van der Waals surface area contributed by atoms with Gasteiger partial charge in [-0.3, -0.25) is 18.9 Å². The van der Waals surface area contributed by atoms with Crippen molar-refractivity contribution in [2.45, 2.75) is 51.5 Å². The van der Waals surface area contributed by atoms with E-state index in [2.05, 4.69) is 4.90 Å². The summed E-state index contributed by atoms with van der Waals surface area (Å²) in [6.45, 7) is 3.83. The number of carbonyl (C=O) groups excluding carboxylic acids is 2. The number of imidazole rings is 1. The molecule has 2 N–H and O–H groups in total. The summed E-state index contributed by atoms with van der Waals surface area (Å²) in [6.07, 6.45) is 9.58. The van der Waals surface area contributed by atoms with Gasteiger partial charge in [0.1, 0.15) is 0 Å². The molecule has 0 unspecified atom stereocenters. The first kappa shape index (κ1) is 19.4. The number of nitrogens with zero attached hydrogens (tertiary/aromatic N) is 4. The van der Waals surface area contributed by atoms with E-state index in [9.17, 15) is 9.59 Å². The van der Waals surface area contributed by atoms with Crippen molar-refractivity contribution in [1.29, 1.82) is 0 Å². The normalized spacial score (nSPS) is 22.1. The first-order valence-corrected chi connectivity index (χ1v) is 11.3. The SMILES string of the molecule is NC(=O)[C@@H]1CCCN(Cc2c(C(=O)N3CCCCCCC3)nc3sccn23)C1. The highest BCUT2D eigenvalue weighted by atomic mass is 32.1. The van der Waals surface area contributed by atoms with Gasteiger partial charge in [0.15, 0.2) is 10.7 Å². The van der Waals surface area contributed by atoms with Crippen LogP contribution in [0.25, 0.3) is 4.96 Å². The topological polar surface area (TPSA) is 83.9 Å². The maximum atomic E-state index is 13.3. The molecule has 7 nitrogen and oxygen atoms in total. The van der Waals surface area contributed by atoms with Crippen LogP contribution in [0.2, 0.25) is 0 Å². The van der Waals surface area contributed by atoms with Crippen LogP contribution in [0.15, 0.2) is 11.6 Å². The van der Waals surface area contributed by atoms with E-state index in [0.717, 1.165) is 56.0 Å². The number of hydrogen-bond donors (Lipinski definition) is 1. The van der Waals surface area contributed by atoms with Gasteiger partial charge in [-0.25, -0.2) is 4.98 Å². The van der Waals surface area contributed by atoms with E-state index in [4.69, 9.17) is 10.7 Å². The van der Waals surface area contributed by atoms with E-state index < -0.39 is 0 Å². The Hall–Kier alpha value is -1.93. The van der Waals surface area contributed by atoms with E-state index in [-0.39, 0.29) is 17.7 Å². The van der Waals surface area contributed by atoms with Gasteiger partial charge in [-0.05, 0) is 32.2 Å². The van der Waals surface area contributed by atoms with Crippen molar-refractivity contribution < 1.29 is 9.59 Å². The molecule has 2 aromatic heterocycles. The molecule has 2 aliphatic rings. The minimum absolute atomic E-state index is 0.0521. The van der Waals surface area contributed by atoms with Crippen molar-refractivity contribution in [1.82, 2.24) is 19.2 Å². The zero-order valence-corrected chi connectivity index (χ0v) is 17.1. The van der Waals surface area contributed by atoms with Gasteiger partial charge in [0.25, 0.3) is 5.91 Å². The third kappa shape index (κ3) is 4.07. The second kappa shape index (κ2) is 8.61. The average molecular weight is 404 g/mol. The Morgan fingerprint density at radius 3 is 2.61 bits per heavy atom. The number of aromatic nitrogens is 2. The van der Waals surface area contributed by atoms with Crippen molar-refractivity contribution in [3.8, 4) is 0 Å². The molecule has 0 bridgehead atoms. The number of rotatable bonds is 4. The summed E-state index contributed by atoms with van der Waals surface area (Å²) < 4.78 is 2.04. The Labute approximate surface area is 169 Å². The molecule has 0 radical (unpaired) electrons. The zero-order valence-electron chi connectivity index (χ0n) is 16.3. The fraction of sp³-hybridized carbons (Fsp3) is 0.650. The van der Waals surface area contributed by atoms with E-state index in [1.54, 1.807) is 11.3 Å². The van der Waals surface area contributed by atoms with Crippen LogP contribution < -0.4 is 5.73 Å². The molecule has 2 aliphatic heterocycles. The highest BCUT2D eigenvalue weighted by Gasteiger charge is 2.29. The number of thiazole rings is 1. The lowest BCUT2D eigenvalue weighted by atomic mass is 9.97. The Morgan fingerprint density at radius 1 is 1.11 bits per heavy atom. The summed E-state index contributed by atoms with van der Waals surface area (Å²) in [6, 6.07) is 0. The molecule has 4 heterocycles. The molecule has 2 amide bonds. The lowest BCUT2D eigenvalue weighted by Crippen LogP contribution is -2.41. The monoisotopic (exact) mass is 403 g/mol. The molecule has 0 saturated carbocycles. The Balaban J connectivity index is 1.58. The molecule has 2 fully saturated rings. The van der Waals surface area contributed by atoms with E-state index >= 15 is 0 Å². The van der Waals surface area contributed by atoms with Gasteiger partial charge in [0.2, 0.25) is 5.91 Å². The fourth-order valence-electron chi connectivity index (χ4n) is 4.40. The largest absolute Gasteiger partial charge is 0.369 e. The second-order valence-corrected chi connectivity index (χ2v) is 8.87. The van der Waals surface area contributed by atoms with E-state index in [1.807, 2.05) is 20.9 Å². The van der Waals surface area contributed by atoms with Crippen molar-refractivity contribution in [3.05, 3.63) is 23.0 Å². The molecule has 0 aromatic carbocycles. The van der Waals surface area contributed by atoms with Crippen molar-refractivity contribution in [3.63, 3.8) is 0 Å². The van der Waals surface area contributed by atoms with Crippen molar-refractivity contribution >= 4 is 28.1 Å². The van der Waals surface area contributed by atoms with Crippen LogP contribution in [-0.4, -0.2) is 57.2 Å². The number of carbonyl (C=O) groups is 2. The van der Waals surface area contributed by atoms with Crippen LogP contribution in [0.5, 0.6) is 0 Å². The second-order valence-electron chi connectivity index (χ2n) is 8.00. The Morgan fingerprint density at radius 2 is 1.86 bits per heavy atom. The van der Waals surface area contributed by atoms with Crippen molar-refractivity contribution in [2.75, 3.05) is 26.2 Å². The molecule has 8 heteroatoms. The van der Waals surface area contributed by atoms with E-state index in [0.29, 0.717) is 18.8 Å². The lowest BCUT2D eigenvalue weighted by Gasteiger charge is -2.31. The smallest absolute Gasteiger partial charge is 0.274 e. The number of likely N-dealkylation sites (tertiary alicyclic amines) is 2. The third-order valence-corrected chi connectivity index (χ3v) is 6.74. The summed E-state index contributed by atoms with van der Waals surface area (Å²) in [7, 11) is 0. The predicted molar refractivity (Wildman–Crippen MR) is 109 cm³/mol. The zero-order chi connectivity index (χ0) is 19.5. The van der Waals surface area contributed by atoms with Gasteiger partial charge in [0.05, 0.1) is 11.6 Å². The van der Waals surface area contributed by atoms with Gasteiger partial charge >= 0.3 is 0 Å². The van der Waals surface area contributed by atoms with Gasteiger partial charge in [0, 0.05) is 37.8 Å². The highest BCUT2D eigenvalue weighted by Crippen LogP contribution is 2.24. The first-order valence-electron chi connectivity index (χ1n) is 10.4. The maximum Gasteiger partial charge on any atom is 0.274 e. The molecule has 2 saturated heterocycles. The first-order chi connectivity index (χ1) is 13.6. The molecule has 152 valence electrons. The standard InChI is InChI=1S/C20H29N5O2S/c21-18(26)15-7-6-8-23(13-15)14-16-17(22-20-25(16)11-12-28-20)19(27)24-9-4-2-1-3-5-10-24/h11-12,15H,1-10,13-14H2,(H2,21,26)/t15-/m1/s1. The third-order valence-electron chi connectivity index (χ3n) is 5.99. The molecule has 0 spiro atoms. The van der Waals surface area contributed by atoms with Crippen molar-refractivity contribution in [2.24, 2.45) is 11.7 Å². The molecule has 0 aliphatic carbocycles. The maximum absolute atomic E-state index is 13.3. The van der Waals surface area contributed by atoms with Gasteiger partial charge in [-0.15, -0.1) is 11.3 Å². The molecule has 2 aromatic rings. The average Bonchev–Trinajstić information content (AvgIpc) is 3.24. The number of piperidine rings is 1.